The quantitative estimate of drug-likeness (QED) is 0.724. The predicted molar refractivity (Wildman–Crippen MR) is 104 cm³/mol. The van der Waals surface area contributed by atoms with Gasteiger partial charge in [-0.3, -0.25) is 4.72 Å². The highest BCUT2D eigenvalue weighted by atomic mass is 32.2. The van der Waals surface area contributed by atoms with Gasteiger partial charge in [-0.15, -0.1) is 0 Å². The minimum absolute atomic E-state index is 0.0930. The first-order valence-electron chi connectivity index (χ1n) is 9.03. The number of ether oxygens (including phenoxy) is 1. The zero-order valence-electron chi connectivity index (χ0n) is 15.7. The van der Waals surface area contributed by atoms with E-state index < -0.39 is 22.1 Å². The third-order valence-corrected chi connectivity index (χ3v) is 6.07. The van der Waals surface area contributed by atoms with Crippen LogP contribution in [0.3, 0.4) is 0 Å². The molecule has 1 atom stereocenters. The fraction of sp³-hybridized carbons (Fsp3) is 0.368. The Balaban J connectivity index is 1.79. The number of anilines is 2. The lowest BCUT2D eigenvalue weighted by atomic mass is 9.99. The first-order valence-corrected chi connectivity index (χ1v) is 10.5. The van der Waals surface area contributed by atoms with Crippen LogP contribution in [0.4, 0.5) is 24.5 Å². The molecule has 1 saturated heterocycles. The molecule has 2 N–H and O–H groups in total. The van der Waals surface area contributed by atoms with Crippen molar-refractivity contribution >= 4 is 21.4 Å². The molecular formula is C19H22F3N3O3S. The molecule has 10 heteroatoms. The van der Waals surface area contributed by atoms with E-state index in [-0.39, 0.29) is 23.5 Å². The number of hydrazine groups is 1. The summed E-state index contributed by atoms with van der Waals surface area (Å²) in [7, 11) is -2.36. The van der Waals surface area contributed by atoms with Crippen LogP contribution in [0, 0.1) is 5.92 Å². The van der Waals surface area contributed by atoms with Crippen molar-refractivity contribution in [2.45, 2.75) is 23.9 Å². The Bertz CT molecular complexity index is 937. The number of hydrogen-bond acceptors (Lipinski definition) is 5. The monoisotopic (exact) mass is 429 g/mol. The summed E-state index contributed by atoms with van der Waals surface area (Å²) in [6, 6.07) is 12.4. The molecule has 3 rings (SSSR count). The standard InChI is InChI=1S/C19H22F3N3O3S/c1-28-18-10-9-15(24-29(26,27)16-7-3-2-4-8-16)12-17(18)23-25-11-5-6-14(13-25)19(20,21)22/h2-4,7-10,12,14,23-24H,5-6,11,13H2,1H3. The van der Waals surface area contributed by atoms with Crippen LogP contribution in [0.15, 0.2) is 53.4 Å². The summed E-state index contributed by atoms with van der Waals surface area (Å²) in [5.41, 5.74) is 3.59. The third-order valence-electron chi connectivity index (χ3n) is 4.67. The average molecular weight is 429 g/mol. The summed E-state index contributed by atoms with van der Waals surface area (Å²) in [4.78, 5) is 0.106. The molecule has 0 bridgehead atoms. The Morgan fingerprint density at radius 1 is 1.14 bits per heavy atom. The van der Waals surface area contributed by atoms with Crippen LogP contribution in [0.2, 0.25) is 0 Å². The number of nitrogens with one attached hydrogen (secondary N) is 2. The molecule has 2 aromatic rings. The molecule has 0 radical (unpaired) electrons. The SMILES string of the molecule is COc1ccc(NS(=O)(=O)c2ccccc2)cc1NN1CCCC(C(F)(F)F)C1. The first-order chi connectivity index (χ1) is 13.7. The minimum Gasteiger partial charge on any atom is -0.495 e. The number of halogens is 3. The van der Waals surface area contributed by atoms with E-state index in [9.17, 15) is 21.6 Å². The van der Waals surface area contributed by atoms with Gasteiger partial charge in [-0.25, -0.2) is 13.4 Å². The molecular weight excluding hydrogens is 407 g/mol. The summed E-state index contributed by atoms with van der Waals surface area (Å²) >= 11 is 0. The van der Waals surface area contributed by atoms with Gasteiger partial charge < -0.3 is 10.2 Å². The lowest BCUT2D eigenvalue weighted by Crippen LogP contribution is -2.44. The molecule has 158 valence electrons. The number of alkyl halides is 3. The molecule has 29 heavy (non-hydrogen) atoms. The van der Waals surface area contributed by atoms with Gasteiger partial charge in [0.15, 0.2) is 0 Å². The van der Waals surface area contributed by atoms with Gasteiger partial charge in [0.1, 0.15) is 5.75 Å². The zero-order chi connectivity index (χ0) is 21.1. The van der Waals surface area contributed by atoms with E-state index in [0.29, 0.717) is 24.4 Å². The van der Waals surface area contributed by atoms with Gasteiger partial charge in [0.25, 0.3) is 10.0 Å². The van der Waals surface area contributed by atoms with E-state index in [0.717, 1.165) is 0 Å². The number of piperidine rings is 1. The fourth-order valence-electron chi connectivity index (χ4n) is 3.19. The highest BCUT2D eigenvalue weighted by Gasteiger charge is 2.41. The van der Waals surface area contributed by atoms with Crippen LogP contribution in [0.25, 0.3) is 0 Å². The van der Waals surface area contributed by atoms with E-state index in [2.05, 4.69) is 10.1 Å². The van der Waals surface area contributed by atoms with Crippen molar-refractivity contribution in [3.8, 4) is 5.75 Å². The summed E-state index contributed by atoms with van der Waals surface area (Å²) in [5.74, 6) is -1.02. The molecule has 6 nitrogen and oxygen atoms in total. The summed E-state index contributed by atoms with van der Waals surface area (Å²) < 4.78 is 71.9. The maximum absolute atomic E-state index is 13.1. The lowest BCUT2D eigenvalue weighted by molar-refractivity contribution is -0.185. The van der Waals surface area contributed by atoms with Crippen molar-refractivity contribution in [2.24, 2.45) is 5.92 Å². The van der Waals surface area contributed by atoms with Crippen molar-refractivity contribution < 1.29 is 26.3 Å². The number of methoxy groups -OCH3 is 1. The molecule has 2 aromatic carbocycles. The molecule has 1 fully saturated rings. The first kappa shape index (κ1) is 21.3. The Morgan fingerprint density at radius 2 is 1.86 bits per heavy atom. The normalized spacial score (nSPS) is 18.3. The van der Waals surface area contributed by atoms with Gasteiger partial charge in [0.05, 0.1) is 29.3 Å². The summed E-state index contributed by atoms with van der Waals surface area (Å²) in [6.07, 6.45) is -3.76. The Labute approximate surface area is 167 Å². The number of benzene rings is 2. The second-order valence-corrected chi connectivity index (χ2v) is 8.45. The molecule has 0 spiro atoms. The van der Waals surface area contributed by atoms with Crippen LogP contribution < -0.4 is 14.9 Å². The van der Waals surface area contributed by atoms with Crippen molar-refractivity contribution in [2.75, 3.05) is 30.3 Å². The molecule has 1 aliphatic rings. The fourth-order valence-corrected chi connectivity index (χ4v) is 4.26. The van der Waals surface area contributed by atoms with E-state index in [4.69, 9.17) is 4.74 Å². The van der Waals surface area contributed by atoms with Gasteiger partial charge in [-0.1, -0.05) is 18.2 Å². The van der Waals surface area contributed by atoms with E-state index in [1.807, 2.05) is 0 Å². The Kier molecular flexibility index (Phi) is 6.23. The molecule has 1 heterocycles. The van der Waals surface area contributed by atoms with E-state index in [1.165, 1.54) is 36.4 Å². The molecule has 1 unspecified atom stereocenters. The van der Waals surface area contributed by atoms with Crippen LogP contribution >= 0.6 is 0 Å². The van der Waals surface area contributed by atoms with Crippen LogP contribution in [-0.4, -0.2) is 39.8 Å². The number of nitrogens with zero attached hydrogens (tertiary/aromatic N) is 1. The van der Waals surface area contributed by atoms with Crippen molar-refractivity contribution in [1.29, 1.82) is 0 Å². The third kappa shape index (κ3) is 5.33. The number of rotatable bonds is 6. The minimum atomic E-state index is -4.25. The van der Waals surface area contributed by atoms with Gasteiger partial charge in [-0.2, -0.15) is 13.2 Å². The van der Waals surface area contributed by atoms with Crippen LogP contribution in [0.1, 0.15) is 12.8 Å². The molecule has 1 aliphatic heterocycles. The van der Waals surface area contributed by atoms with Crippen LogP contribution in [-0.2, 0) is 10.0 Å². The van der Waals surface area contributed by atoms with Gasteiger partial charge in [0, 0.05) is 13.1 Å². The largest absolute Gasteiger partial charge is 0.495 e. The smallest absolute Gasteiger partial charge is 0.393 e. The maximum atomic E-state index is 13.1. The molecule has 0 aromatic heterocycles. The molecule has 0 aliphatic carbocycles. The number of sulfonamides is 1. The topological polar surface area (TPSA) is 70.7 Å². The predicted octanol–water partition coefficient (Wildman–Crippen LogP) is 4.10. The van der Waals surface area contributed by atoms with Crippen LogP contribution in [0.5, 0.6) is 5.75 Å². The number of hydrogen-bond donors (Lipinski definition) is 2. The second-order valence-electron chi connectivity index (χ2n) is 6.77. The zero-order valence-corrected chi connectivity index (χ0v) is 16.6. The Morgan fingerprint density at radius 3 is 2.52 bits per heavy atom. The second kappa shape index (κ2) is 8.50. The average Bonchev–Trinajstić information content (AvgIpc) is 2.68. The van der Waals surface area contributed by atoms with Gasteiger partial charge >= 0.3 is 6.18 Å². The highest BCUT2D eigenvalue weighted by Crippen LogP contribution is 2.35. The molecule has 0 amide bonds. The highest BCUT2D eigenvalue weighted by molar-refractivity contribution is 7.92. The maximum Gasteiger partial charge on any atom is 0.393 e. The van der Waals surface area contributed by atoms with Crippen molar-refractivity contribution in [3.05, 3.63) is 48.5 Å². The van der Waals surface area contributed by atoms with Gasteiger partial charge in [-0.05, 0) is 43.2 Å². The van der Waals surface area contributed by atoms with Gasteiger partial charge in [0.2, 0.25) is 0 Å². The summed E-state index contributed by atoms with van der Waals surface area (Å²) in [6.45, 7) is 0.252. The van der Waals surface area contributed by atoms with E-state index >= 15 is 0 Å². The van der Waals surface area contributed by atoms with Crippen molar-refractivity contribution in [1.82, 2.24) is 5.01 Å². The summed E-state index contributed by atoms with van der Waals surface area (Å²) in [5, 5.41) is 1.48. The van der Waals surface area contributed by atoms with Crippen molar-refractivity contribution in [3.63, 3.8) is 0 Å². The molecule has 0 saturated carbocycles. The Hall–Kier alpha value is -2.46. The lowest BCUT2D eigenvalue weighted by Gasteiger charge is -2.34. The van der Waals surface area contributed by atoms with E-state index in [1.54, 1.807) is 24.3 Å².